The van der Waals surface area contributed by atoms with Crippen molar-refractivity contribution in [1.82, 2.24) is 14.9 Å². The number of nitrogens with zero attached hydrogens (tertiary/aromatic N) is 3. The van der Waals surface area contributed by atoms with Gasteiger partial charge in [0.25, 0.3) is 5.91 Å². The Balaban J connectivity index is 0.00000272. The van der Waals surface area contributed by atoms with E-state index < -0.39 is 23.5 Å². The molecule has 0 radical (unpaired) electrons. The van der Waals surface area contributed by atoms with Crippen LogP contribution in [0.1, 0.15) is 19.0 Å². The van der Waals surface area contributed by atoms with Crippen molar-refractivity contribution in [1.29, 1.82) is 0 Å². The van der Waals surface area contributed by atoms with Gasteiger partial charge in [-0.15, -0.1) is 0 Å². The van der Waals surface area contributed by atoms with Crippen molar-refractivity contribution in [2.45, 2.75) is 25.4 Å². The summed E-state index contributed by atoms with van der Waals surface area (Å²) in [5.41, 5.74) is 0.619. The maximum absolute atomic E-state index is 12.6. The second-order valence-corrected chi connectivity index (χ2v) is 7.60. The summed E-state index contributed by atoms with van der Waals surface area (Å²) in [5, 5.41) is 14.4. The summed E-state index contributed by atoms with van der Waals surface area (Å²) in [6.07, 6.45) is 5.94. The van der Waals surface area contributed by atoms with Crippen molar-refractivity contribution < 1.29 is 53.8 Å². The molecule has 10 heteroatoms. The van der Waals surface area contributed by atoms with Crippen LogP contribution in [0.2, 0.25) is 0 Å². The molecule has 2 aromatic heterocycles. The summed E-state index contributed by atoms with van der Waals surface area (Å²) < 4.78 is 5.30. The summed E-state index contributed by atoms with van der Waals surface area (Å²) in [4.78, 5) is 46.0. The number of fused-ring (bicyclic) bond motifs is 1. The van der Waals surface area contributed by atoms with Crippen LogP contribution in [0.5, 0.6) is 0 Å². The van der Waals surface area contributed by atoms with E-state index in [0.717, 1.165) is 0 Å². The van der Waals surface area contributed by atoms with Crippen molar-refractivity contribution in [3.8, 4) is 0 Å². The number of carboxylic acid groups (broad SMARTS) is 1. The van der Waals surface area contributed by atoms with Gasteiger partial charge in [-0.25, -0.2) is 4.79 Å². The van der Waals surface area contributed by atoms with E-state index in [1.165, 1.54) is 17.3 Å². The van der Waals surface area contributed by atoms with Gasteiger partial charge in [0.2, 0.25) is 0 Å². The van der Waals surface area contributed by atoms with Crippen molar-refractivity contribution in [3.05, 3.63) is 60.2 Å². The van der Waals surface area contributed by atoms with Crippen LogP contribution in [0.3, 0.4) is 0 Å². The molecule has 9 nitrogen and oxygen atoms in total. The van der Waals surface area contributed by atoms with Gasteiger partial charge in [-0.05, 0) is 36.8 Å². The molecule has 2 saturated heterocycles. The number of β-lactam (4-membered cyclic amide) rings is 1. The van der Waals surface area contributed by atoms with E-state index in [2.05, 4.69) is 15.3 Å². The number of ether oxygens (including phenoxy) is 1. The first-order valence-electron chi connectivity index (χ1n) is 9.39. The Morgan fingerprint density at radius 3 is 2.68 bits per heavy atom. The van der Waals surface area contributed by atoms with Crippen LogP contribution in [0.4, 0.5) is 10.5 Å². The van der Waals surface area contributed by atoms with Crippen LogP contribution in [0.15, 0.2) is 54.5 Å². The fourth-order valence-corrected chi connectivity index (χ4v) is 4.05. The van der Waals surface area contributed by atoms with E-state index in [1.54, 1.807) is 49.5 Å². The van der Waals surface area contributed by atoms with Crippen LogP contribution in [-0.4, -0.2) is 51.5 Å². The van der Waals surface area contributed by atoms with E-state index in [4.69, 9.17) is 4.74 Å². The summed E-state index contributed by atoms with van der Waals surface area (Å²) in [5.74, 6) is -1.74. The average molecular weight is 430 g/mol. The smallest absolute Gasteiger partial charge is 0.548 e. The molecule has 0 spiro atoms. The fourth-order valence-electron chi connectivity index (χ4n) is 4.05. The third-order valence-electron chi connectivity index (χ3n) is 5.45. The minimum Gasteiger partial charge on any atom is -0.548 e. The number of hydrogen-bond donors (Lipinski definition) is 1. The van der Waals surface area contributed by atoms with Gasteiger partial charge in [-0.2, -0.15) is 0 Å². The van der Waals surface area contributed by atoms with E-state index in [0.29, 0.717) is 23.4 Å². The molecule has 1 N–H and O–H groups in total. The topological polar surface area (TPSA) is 125 Å². The second kappa shape index (κ2) is 9.17. The minimum atomic E-state index is -1.37. The maximum atomic E-state index is 12.6. The molecule has 0 bridgehead atoms. The Labute approximate surface area is 200 Å². The van der Waals surface area contributed by atoms with Gasteiger partial charge in [0, 0.05) is 35.3 Å². The summed E-state index contributed by atoms with van der Waals surface area (Å²) in [6.45, 7) is 1.50. The molecule has 2 fully saturated rings. The minimum absolute atomic E-state index is 0. The summed E-state index contributed by atoms with van der Waals surface area (Å²) in [7, 11) is 0. The normalized spacial score (nSPS) is 25.3. The number of anilines is 1. The maximum Gasteiger partial charge on any atom is 1.00 e. The summed E-state index contributed by atoms with van der Waals surface area (Å²) in [6, 6.07) is 6.95. The molecule has 3 atom stereocenters. The predicted molar refractivity (Wildman–Crippen MR) is 104 cm³/mol. The number of rotatable bonds is 5. The van der Waals surface area contributed by atoms with Crippen molar-refractivity contribution in [3.63, 3.8) is 0 Å². The SMILES string of the molecule is C[C@@]1(COC(=O)Nc2ccncc2)CC2/C(=C\c3ccccn3)C(=O)N2[C@H]1C(=O)[O-].[Na+]. The number of nitrogens with one attached hydrogen (secondary N) is 1. The first-order valence-corrected chi connectivity index (χ1v) is 9.39. The molecule has 4 rings (SSSR count). The van der Waals surface area contributed by atoms with E-state index in [9.17, 15) is 19.5 Å². The van der Waals surface area contributed by atoms with Gasteiger partial charge in [0.1, 0.15) is 6.61 Å². The van der Waals surface area contributed by atoms with Gasteiger partial charge in [0.05, 0.1) is 23.7 Å². The molecular formula is C21H19N4NaO5. The zero-order valence-electron chi connectivity index (χ0n) is 17.1. The first-order chi connectivity index (χ1) is 14.4. The van der Waals surface area contributed by atoms with Gasteiger partial charge >= 0.3 is 35.7 Å². The fraction of sp³-hybridized carbons (Fsp3) is 0.286. The van der Waals surface area contributed by atoms with Crippen molar-refractivity contribution >= 4 is 29.7 Å². The van der Waals surface area contributed by atoms with E-state index in [-0.39, 0.29) is 48.1 Å². The first kappa shape index (κ1) is 22.9. The Morgan fingerprint density at radius 1 is 1.29 bits per heavy atom. The standard InChI is InChI=1S/C21H20N4O5.Na/c1-21(12-30-20(29)24-13-5-8-22-9-6-13)11-16-15(10-14-4-2-3-7-23-14)18(26)25(16)17(21)19(27)28;/h2-10,16-17H,11-12H2,1H3,(H,27,28)(H,22,24,29);/q;+1/p-1/b15-10+;/t16?,17-,21-;/m0./s1. The molecule has 1 unspecified atom stereocenters. The van der Waals surface area contributed by atoms with E-state index >= 15 is 0 Å². The molecule has 4 heterocycles. The van der Waals surface area contributed by atoms with Gasteiger partial charge in [-0.1, -0.05) is 13.0 Å². The summed E-state index contributed by atoms with van der Waals surface area (Å²) >= 11 is 0. The monoisotopic (exact) mass is 430 g/mol. The number of amides is 2. The Kier molecular flexibility index (Phi) is 6.78. The van der Waals surface area contributed by atoms with Crippen LogP contribution in [0, 0.1) is 5.41 Å². The molecule has 0 aliphatic carbocycles. The molecule has 31 heavy (non-hydrogen) atoms. The number of pyridine rings is 2. The number of carbonyl (C=O) groups is 3. The molecule has 2 aliphatic rings. The molecule has 154 valence electrons. The van der Waals surface area contributed by atoms with Crippen LogP contribution < -0.4 is 40.0 Å². The zero-order chi connectivity index (χ0) is 21.3. The second-order valence-electron chi connectivity index (χ2n) is 7.60. The predicted octanol–water partition coefficient (Wildman–Crippen LogP) is -2.15. The number of carbonyl (C=O) groups excluding carboxylic acids is 3. The molecular weight excluding hydrogens is 411 g/mol. The number of carboxylic acids is 1. The Hall–Kier alpha value is -2.75. The molecule has 2 aromatic rings. The Bertz CT molecular complexity index is 1020. The van der Waals surface area contributed by atoms with Crippen molar-refractivity contribution in [2.24, 2.45) is 5.41 Å². The number of hydrogen-bond acceptors (Lipinski definition) is 7. The van der Waals surface area contributed by atoms with Gasteiger partial charge < -0.3 is 19.5 Å². The van der Waals surface area contributed by atoms with Gasteiger partial charge in [0.15, 0.2) is 0 Å². The van der Waals surface area contributed by atoms with Crippen LogP contribution in [-0.2, 0) is 14.3 Å². The van der Waals surface area contributed by atoms with E-state index in [1.807, 2.05) is 0 Å². The van der Waals surface area contributed by atoms with Crippen molar-refractivity contribution in [2.75, 3.05) is 11.9 Å². The largest absolute Gasteiger partial charge is 1.00 e. The Morgan fingerprint density at radius 2 is 2.03 bits per heavy atom. The average Bonchev–Trinajstić information content (AvgIpc) is 3.02. The molecule has 0 aromatic carbocycles. The number of aliphatic carboxylic acids is 1. The van der Waals surface area contributed by atoms with Crippen LogP contribution in [0.25, 0.3) is 6.08 Å². The zero-order valence-corrected chi connectivity index (χ0v) is 19.1. The van der Waals surface area contributed by atoms with Gasteiger partial charge in [-0.3, -0.25) is 20.1 Å². The van der Waals surface area contributed by atoms with Crippen LogP contribution >= 0.6 is 0 Å². The molecule has 2 aliphatic heterocycles. The number of aromatic nitrogens is 2. The quantitative estimate of drug-likeness (QED) is 0.326. The third-order valence-corrected chi connectivity index (χ3v) is 5.45. The third kappa shape index (κ3) is 4.48. The molecule has 0 saturated carbocycles. The molecule has 2 amide bonds.